The summed E-state index contributed by atoms with van der Waals surface area (Å²) in [5.74, 6) is 0.912. The van der Waals surface area contributed by atoms with Gasteiger partial charge in [0.1, 0.15) is 5.75 Å². The van der Waals surface area contributed by atoms with Crippen LogP contribution in [0.25, 0.3) is 0 Å². The van der Waals surface area contributed by atoms with Crippen LogP contribution in [0, 0.1) is 6.92 Å². The molecule has 106 valence electrons. The van der Waals surface area contributed by atoms with E-state index in [0.717, 1.165) is 22.9 Å². The van der Waals surface area contributed by atoms with E-state index in [1.807, 2.05) is 30.3 Å². The molecule has 0 saturated carbocycles. The lowest BCUT2D eigenvalue weighted by Gasteiger charge is -2.18. The van der Waals surface area contributed by atoms with E-state index < -0.39 is 0 Å². The fraction of sp³-hybridized carbons (Fsp3) is 0.294. The summed E-state index contributed by atoms with van der Waals surface area (Å²) in [4.78, 5) is 0. The molecule has 0 aliphatic carbocycles. The number of benzene rings is 2. The molecule has 1 N–H and O–H groups in total. The fourth-order valence-electron chi connectivity index (χ4n) is 2.21. The van der Waals surface area contributed by atoms with Gasteiger partial charge in [-0.15, -0.1) is 0 Å². The third-order valence-corrected chi connectivity index (χ3v) is 3.78. The van der Waals surface area contributed by atoms with Crippen LogP contribution in [0.1, 0.15) is 29.7 Å². The third kappa shape index (κ3) is 3.53. The number of aryl methyl sites for hydroxylation is 1. The lowest BCUT2D eigenvalue weighted by atomic mass is 10.0. The molecular formula is C17H20ClNO. The molecule has 20 heavy (non-hydrogen) atoms. The van der Waals surface area contributed by atoms with Gasteiger partial charge in [0.25, 0.3) is 0 Å². The summed E-state index contributed by atoms with van der Waals surface area (Å²) in [5, 5.41) is 4.29. The van der Waals surface area contributed by atoms with Crippen molar-refractivity contribution in [3.05, 3.63) is 64.2 Å². The zero-order valence-electron chi connectivity index (χ0n) is 12.1. The van der Waals surface area contributed by atoms with E-state index in [1.54, 1.807) is 7.11 Å². The first-order valence-corrected chi connectivity index (χ1v) is 7.11. The number of halogens is 1. The molecule has 0 aliphatic heterocycles. The molecule has 2 rings (SSSR count). The number of ether oxygens (including phenoxy) is 1. The van der Waals surface area contributed by atoms with E-state index in [1.165, 1.54) is 11.1 Å². The number of hydrogen-bond donors (Lipinski definition) is 1. The summed E-state index contributed by atoms with van der Waals surface area (Å²) < 4.78 is 5.43. The van der Waals surface area contributed by atoms with Gasteiger partial charge in [-0.3, -0.25) is 0 Å². The quantitative estimate of drug-likeness (QED) is 0.874. The van der Waals surface area contributed by atoms with E-state index in [4.69, 9.17) is 16.3 Å². The van der Waals surface area contributed by atoms with Crippen molar-refractivity contribution in [2.45, 2.75) is 26.4 Å². The van der Waals surface area contributed by atoms with Gasteiger partial charge in [-0.2, -0.15) is 0 Å². The largest absolute Gasteiger partial charge is 0.496 e. The molecule has 0 fully saturated rings. The third-order valence-electron chi connectivity index (χ3n) is 3.41. The second kappa shape index (κ2) is 6.78. The molecule has 0 heterocycles. The first-order valence-electron chi connectivity index (χ1n) is 6.73. The highest BCUT2D eigenvalue weighted by atomic mass is 35.5. The van der Waals surface area contributed by atoms with Crippen molar-refractivity contribution in [3.8, 4) is 5.75 Å². The van der Waals surface area contributed by atoms with E-state index in [0.29, 0.717) is 0 Å². The van der Waals surface area contributed by atoms with Gasteiger partial charge in [0, 0.05) is 23.2 Å². The van der Waals surface area contributed by atoms with Crippen molar-refractivity contribution in [1.82, 2.24) is 5.32 Å². The van der Waals surface area contributed by atoms with E-state index in [9.17, 15) is 0 Å². The Morgan fingerprint density at radius 2 is 1.95 bits per heavy atom. The van der Waals surface area contributed by atoms with Gasteiger partial charge in [-0.25, -0.2) is 0 Å². The molecule has 1 atom stereocenters. The summed E-state index contributed by atoms with van der Waals surface area (Å²) >= 11 is 6.17. The molecule has 0 radical (unpaired) electrons. The lowest BCUT2D eigenvalue weighted by molar-refractivity contribution is 0.401. The topological polar surface area (TPSA) is 21.3 Å². The van der Waals surface area contributed by atoms with E-state index in [-0.39, 0.29) is 6.04 Å². The van der Waals surface area contributed by atoms with Crippen LogP contribution >= 0.6 is 11.6 Å². The Labute approximate surface area is 125 Å². The maximum Gasteiger partial charge on any atom is 0.123 e. The number of rotatable bonds is 5. The van der Waals surface area contributed by atoms with Gasteiger partial charge in [0.2, 0.25) is 0 Å². The smallest absolute Gasteiger partial charge is 0.123 e. The molecule has 2 aromatic carbocycles. The van der Waals surface area contributed by atoms with Gasteiger partial charge in [0.15, 0.2) is 0 Å². The molecule has 1 unspecified atom stereocenters. The van der Waals surface area contributed by atoms with Crippen LogP contribution < -0.4 is 10.1 Å². The average molecular weight is 290 g/mol. The highest BCUT2D eigenvalue weighted by Crippen LogP contribution is 2.26. The van der Waals surface area contributed by atoms with Crippen molar-refractivity contribution in [3.63, 3.8) is 0 Å². The molecule has 2 nitrogen and oxygen atoms in total. The molecule has 3 heteroatoms. The Bertz CT molecular complexity index is 583. The van der Waals surface area contributed by atoms with Crippen molar-refractivity contribution in [2.75, 3.05) is 7.11 Å². The minimum absolute atomic E-state index is 0.195. The fourth-order valence-corrected chi connectivity index (χ4v) is 2.41. The number of hydrogen-bond acceptors (Lipinski definition) is 2. The molecule has 0 spiro atoms. The second-order valence-electron chi connectivity index (χ2n) is 4.94. The van der Waals surface area contributed by atoms with Crippen molar-refractivity contribution < 1.29 is 4.74 Å². The van der Waals surface area contributed by atoms with Crippen molar-refractivity contribution >= 4 is 11.6 Å². The molecule has 0 aromatic heterocycles. The summed E-state index contributed by atoms with van der Waals surface area (Å²) in [5.41, 5.74) is 3.50. The van der Waals surface area contributed by atoms with Crippen LogP contribution in [-0.2, 0) is 6.54 Å². The predicted octanol–water partition coefficient (Wildman–Crippen LogP) is 4.51. The Hall–Kier alpha value is -1.51. The first-order chi connectivity index (χ1) is 9.61. The second-order valence-corrected chi connectivity index (χ2v) is 5.35. The highest BCUT2D eigenvalue weighted by molar-refractivity contribution is 6.31. The minimum atomic E-state index is 0.195. The van der Waals surface area contributed by atoms with Gasteiger partial charge >= 0.3 is 0 Å². The summed E-state index contributed by atoms with van der Waals surface area (Å²) in [6.07, 6.45) is 0. The Morgan fingerprint density at radius 3 is 2.65 bits per heavy atom. The molecular weight excluding hydrogens is 270 g/mol. The monoisotopic (exact) mass is 289 g/mol. The number of methoxy groups -OCH3 is 1. The minimum Gasteiger partial charge on any atom is -0.496 e. The van der Waals surface area contributed by atoms with E-state index >= 15 is 0 Å². The van der Waals surface area contributed by atoms with E-state index in [2.05, 4.69) is 31.3 Å². The van der Waals surface area contributed by atoms with Crippen LogP contribution in [0.2, 0.25) is 5.02 Å². The Morgan fingerprint density at radius 1 is 1.20 bits per heavy atom. The SMILES string of the molecule is COc1ccc(C)cc1C(C)NCc1ccccc1Cl. The summed E-state index contributed by atoms with van der Waals surface area (Å²) in [6.45, 7) is 4.95. The molecule has 2 aromatic rings. The van der Waals surface area contributed by atoms with Gasteiger partial charge in [-0.05, 0) is 31.5 Å². The highest BCUT2D eigenvalue weighted by Gasteiger charge is 2.11. The Kier molecular flexibility index (Phi) is 5.05. The van der Waals surface area contributed by atoms with Gasteiger partial charge in [0.05, 0.1) is 7.11 Å². The maximum atomic E-state index is 6.17. The number of nitrogens with one attached hydrogen (secondary N) is 1. The molecule has 0 amide bonds. The standard InChI is InChI=1S/C17H20ClNO/c1-12-8-9-17(20-3)15(10-12)13(2)19-11-14-6-4-5-7-16(14)18/h4-10,13,19H,11H2,1-3H3. The first kappa shape index (κ1) is 14.9. The van der Waals surface area contributed by atoms with Gasteiger partial charge in [-0.1, -0.05) is 47.5 Å². The van der Waals surface area contributed by atoms with Crippen molar-refractivity contribution in [2.24, 2.45) is 0 Å². The zero-order valence-corrected chi connectivity index (χ0v) is 12.9. The van der Waals surface area contributed by atoms with Crippen molar-refractivity contribution in [1.29, 1.82) is 0 Å². The van der Waals surface area contributed by atoms with Crippen LogP contribution in [-0.4, -0.2) is 7.11 Å². The lowest BCUT2D eigenvalue weighted by Crippen LogP contribution is -2.19. The van der Waals surface area contributed by atoms with Gasteiger partial charge < -0.3 is 10.1 Å². The van der Waals surface area contributed by atoms with Crippen LogP contribution in [0.4, 0.5) is 0 Å². The summed E-state index contributed by atoms with van der Waals surface area (Å²) in [7, 11) is 1.70. The summed E-state index contributed by atoms with van der Waals surface area (Å²) in [6, 6.07) is 14.3. The Balaban J connectivity index is 2.11. The zero-order chi connectivity index (χ0) is 14.5. The molecule has 0 aliphatic rings. The van der Waals surface area contributed by atoms with Crippen LogP contribution in [0.3, 0.4) is 0 Å². The molecule has 0 bridgehead atoms. The van der Waals surface area contributed by atoms with Crippen LogP contribution in [0.5, 0.6) is 5.75 Å². The molecule has 0 saturated heterocycles. The normalized spacial score (nSPS) is 12.2. The maximum absolute atomic E-state index is 6.17. The predicted molar refractivity (Wildman–Crippen MR) is 84.4 cm³/mol. The van der Waals surface area contributed by atoms with Crippen LogP contribution in [0.15, 0.2) is 42.5 Å². The average Bonchev–Trinajstić information content (AvgIpc) is 2.46.